The van der Waals surface area contributed by atoms with Gasteiger partial charge in [0.15, 0.2) is 9.84 Å². The molecule has 0 saturated carbocycles. The number of carbonyl (C=O) groups is 1. The van der Waals surface area contributed by atoms with Gasteiger partial charge < -0.3 is 4.90 Å². The van der Waals surface area contributed by atoms with Crippen LogP contribution in [0.15, 0.2) is 18.2 Å². The van der Waals surface area contributed by atoms with Gasteiger partial charge in [0.05, 0.1) is 5.75 Å². The molecule has 1 heterocycles. The minimum atomic E-state index is -3.64. The Morgan fingerprint density at radius 3 is 2.22 bits per heavy atom. The van der Waals surface area contributed by atoms with Crippen LogP contribution in [0, 0.1) is 0 Å². The molecule has 2 atom stereocenters. The van der Waals surface area contributed by atoms with Gasteiger partial charge in [-0.3, -0.25) is 4.79 Å². The van der Waals surface area contributed by atoms with E-state index in [0.717, 1.165) is 19.3 Å². The maximum absolute atomic E-state index is 12.5. The van der Waals surface area contributed by atoms with E-state index >= 15 is 0 Å². The Balaban J connectivity index is 2.13. The Bertz CT molecular complexity index is 660. The highest BCUT2D eigenvalue weighted by atomic mass is 35.5. The average Bonchev–Trinajstić information content (AvgIpc) is 2.42. The largest absolute Gasteiger partial charge is 0.336 e. The smallest absolute Gasteiger partial charge is 0.238 e. The number of piperidine rings is 1. The van der Waals surface area contributed by atoms with Crippen molar-refractivity contribution in [2.45, 2.75) is 50.9 Å². The van der Waals surface area contributed by atoms with Gasteiger partial charge in [-0.1, -0.05) is 29.3 Å². The van der Waals surface area contributed by atoms with Crippen LogP contribution in [0.2, 0.25) is 10.0 Å². The van der Waals surface area contributed by atoms with E-state index in [1.54, 1.807) is 23.1 Å². The summed E-state index contributed by atoms with van der Waals surface area (Å²) in [5.41, 5.74) is 0.350. The zero-order valence-corrected chi connectivity index (χ0v) is 15.6. The number of halogens is 2. The molecule has 1 aliphatic heterocycles. The second kappa shape index (κ2) is 7.41. The maximum atomic E-state index is 12.5. The summed E-state index contributed by atoms with van der Waals surface area (Å²) in [5.74, 6) is -1.18. The van der Waals surface area contributed by atoms with Crippen LogP contribution in [0.3, 0.4) is 0 Å². The van der Waals surface area contributed by atoms with Crippen LogP contribution in [-0.4, -0.2) is 37.1 Å². The first-order chi connectivity index (χ1) is 10.7. The minimum absolute atomic E-state index is 0.0744. The second-order valence-corrected chi connectivity index (χ2v) is 9.04. The summed E-state index contributed by atoms with van der Waals surface area (Å²) in [6.07, 6.45) is 2.88. The van der Waals surface area contributed by atoms with Gasteiger partial charge in [-0.05, 0) is 45.2 Å². The van der Waals surface area contributed by atoms with Gasteiger partial charge in [0.2, 0.25) is 5.91 Å². The van der Waals surface area contributed by atoms with Gasteiger partial charge in [-0.15, -0.1) is 0 Å². The summed E-state index contributed by atoms with van der Waals surface area (Å²) in [6, 6.07) is 4.99. The number of rotatable bonds is 4. The molecule has 1 amide bonds. The van der Waals surface area contributed by atoms with Crippen LogP contribution in [0.5, 0.6) is 0 Å². The Hall–Kier alpha value is -0.780. The van der Waals surface area contributed by atoms with Gasteiger partial charge in [0, 0.05) is 27.7 Å². The lowest BCUT2D eigenvalue weighted by Gasteiger charge is -2.39. The molecule has 0 aromatic heterocycles. The third kappa shape index (κ3) is 4.61. The number of nitrogens with zero attached hydrogens (tertiary/aromatic N) is 1. The van der Waals surface area contributed by atoms with Crippen molar-refractivity contribution < 1.29 is 13.2 Å². The third-order valence-corrected chi connectivity index (χ3v) is 6.37. The first kappa shape index (κ1) is 18.6. The number of sulfone groups is 1. The monoisotopic (exact) mass is 377 g/mol. The molecule has 1 fully saturated rings. The molecule has 2 rings (SSSR count). The lowest BCUT2D eigenvalue weighted by atomic mass is 9.98. The molecule has 0 N–H and O–H groups in total. The summed E-state index contributed by atoms with van der Waals surface area (Å²) in [6.45, 7) is 3.93. The molecular weight excluding hydrogens is 357 g/mol. The summed E-state index contributed by atoms with van der Waals surface area (Å²) in [4.78, 5) is 14.2. The SMILES string of the molecule is C[C@@H]1CCC[C@@H](C)N1C(=O)CS(=O)(=O)Cc1c(Cl)cccc1Cl. The first-order valence-electron chi connectivity index (χ1n) is 7.66. The van der Waals surface area contributed by atoms with Crippen LogP contribution in [0.1, 0.15) is 38.7 Å². The Labute approximate surface area is 147 Å². The lowest BCUT2D eigenvalue weighted by Crippen LogP contribution is -2.49. The van der Waals surface area contributed by atoms with Crippen molar-refractivity contribution in [1.29, 1.82) is 0 Å². The van der Waals surface area contributed by atoms with Crippen molar-refractivity contribution in [2.75, 3.05) is 5.75 Å². The van der Waals surface area contributed by atoms with Gasteiger partial charge in [-0.2, -0.15) is 0 Å². The molecular formula is C16H21Cl2NO3S. The van der Waals surface area contributed by atoms with Crippen molar-refractivity contribution in [2.24, 2.45) is 0 Å². The van der Waals surface area contributed by atoms with Gasteiger partial charge in [0.1, 0.15) is 5.75 Å². The average molecular weight is 378 g/mol. The van der Waals surface area contributed by atoms with Gasteiger partial charge >= 0.3 is 0 Å². The standard InChI is InChI=1S/C16H21Cl2NO3S/c1-11-5-3-6-12(2)19(11)16(20)10-23(21,22)9-13-14(17)7-4-8-15(13)18/h4,7-8,11-12H,3,5-6,9-10H2,1-2H3/t11-,12-/m1/s1. The molecule has 4 nitrogen and oxygen atoms in total. The third-order valence-electron chi connectivity index (χ3n) is 4.25. The Kier molecular flexibility index (Phi) is 5.98. The number of amides is 1. The molecule has 0 unspecified atom stereocenters. The molecule has 0 aliphatic carbocycles. The van der Waals surface area contributed by atoms with Crippen LogP contribution < -0.4 is 0 Å². The van der Waals surface area contributed by atoms with Crippen LogP contribution >= 0.6 is 23.2 Å². The fourth-order valence-electron chi connectivity index (χ4n) is 3.12. The quantitative estimate of drug-likeness (QED) is 0.803. The van der Waals surface area contributed by atoms with Gasteiger partial charge in [-0.25, -0.2) is 8.42 Å². The normalized spacial score (nSPS) is 22.2. The van der Waals surface area contributed by atoms with E-state index in [9.17, 15) is 13.2 Å². The van der Waals surface area contributed by atoms with E-state index in [0.29, 0.717) is 15.6 Å². The topological polar surface area (TPSA) is 54.5 Å². The number of likely N-dealkylation sites (tertiary alicyclic amines) is 1. The molecule has 128 valence electrons. The summed E-state index contributed by atoms with van der Waals surface area (Å²) >= 11 is 12.0. The Morgan fingerprint density at radius 2 is 1.70 bits per heavy atom. The minimum Gasteiger partial charge on any atom is -0.336 e. The fraction of sp³-hybridized carbons (Fsp3) is 0.562. The van der Waals surface area contributed by atoms with E-state index in [1.165, 1.54) is 0 Å². The van der Waals surface area contributed by atoms with Crippen LogP contribution in [-0.2, 0) is 20.4 Å². The summed E-state index contributed by atoms with van der Waals surface area (Å²) in [5, 5.41) is 0.599. The Morgan fingerprint density at radius 1 is 1.17 bits per heavy atom. The predicted molar refractivity (Wildman–Crippen MR) is 93.6 cm³/mol. The number of hydrogen-bond acceptors (Lipinski definition) is 3. The first-order valence-corrected chi connectivity index (χ1v) is 10.2. The second-order valence-electron chi connectivity index (χ2n) is 6.16. The van der Waals surface area contributed by atoms with Crippen molar-refractivity contribution in [3.05, 3.63) is 33.8 Å². The van der Waals surface area contributed by atoms with E-state index in [4.69, 9.17) is 23.2 Å². The van der Waals surface area contributed by atoms with Crippen molar-refractivity contribution in [3.8, 4) is 0 Å². The highest BCUT2D eigenvalue weighted by molar-refractivity contribution is 7.91. The van der Waals surface area contributed by atoms with Crippen molar-refractivity contribution in [3.63, 3.8) is 0 Å². The molecule has 7 heteroatoms. The lowest BCUT2D eigenvalue weighted by molar-refractivity contribution is -0.134. The molecule has 1 aromatic rings. The zero-order chi connectivity index (χ0) is 17.2. The van der Waals surface area contributed by atoms with E-state index in [1.807, 2.05) is 13.8 Å². The van der Waals surface area contributed by atoms with Gasteiger partial charge in [0.25, 0.3) is 0 Å². The van der Waals surface area contributed by atoms with E-state index in [-0.39, 0.29) is 23.7 Å². The number of hydrogen-bond donors (Lipinski definition) is 0. The van der Waals surface area contributed by atoms with E-state index < -0.39 is 15.6 Å². The maximum Gasteiger partial charge on any atom is 0.238 e. The molecule has 0 radical (unpaired) electrons. The van der Waals surface area contributed by atoms with Crippen LogP contribution in [0.4, 0.5) is 0 Å². The molecule has 0 bridgehead atoms. The molecule has 1 aromatic carbocycles. The highest BCUT2D eigenvalue weighted by Gasteiger charge is 2.31. The predicted octanol–water partition coefficient (Wildman–Crippen LogP) is 3.70. The number of carbonyl (C=O) groups excluding carboxylic acids is 1. The fourth-order valence-corrected chi connectivity index (χ4v) is 5.18. The molecule has 1 aliphatic rings. The van der Waals surface area contributed by atoms with E-state index in [2.05, 4.69) is 0 Å². The highest BCUT2D eigenvalue weighted by Crippen LogP contribution is 2.27. The number of benzene rings is 1. The summed E-state index contributed by atoms with van der Waals surface area (Å²) in [7, 11) is -3.64. The van der Waals surface area contributed by atoms with Crippen molar-refractivity contribution in [1.82, 2.24) is 4.90 Å². The van der Waals surface area contributed by atoms with Crippen LogP contribution in [0.25, 0.3) is 0 Å². The molecule has 23 heavy (non-hydrogen) atoms. The zero-order valence-electron chi connectivity index (χ0n) is 13.3. The van der Waals surface area contributed by atoms with Crippen molar-refractivity contribution >= 4 is 38.9 Å². The molecule has 1 saturated heterocycles. The summed E-state index contributed by atoms with van der Waals surface area (Å²) < 4.78 is 24.8. The molecule has 0 spiro atoms.